The van der Waals surface area contributed by atoms with Crippen molar-refractivity contribution in [1.82, 2.24) is 0 Å². The number of carboxylic acid groups (broad SMARTS) is 1. The molecular weight excluding hydrogens is 532 g/mol. The summed E-state index contributed by atoms with van der Waals surface area (Å²) in [5.74, 6) is -4.58. The first-order chi connectivity index (χ1) is 18.9. The summed E-state index contributed by atoms with van der Waals surface area (Å²) in [4.78, 5) is 36.7. The van der Waals surface area contributed by atoms with E-state index in [2.05, 4.69) is 0 Å². The molecule has 4 atom stereocenters. The number of benzene rings is 2. The average Bonchev–Trinajstić information content (AvgIpc) is 2.90. The van der Waals surface area contributed by atoms with Crippen molar-refractivity contribution < 1.29 is 64.0 Å². The summed E-state index contributed by atoms with van der Waals surface area (Å²) in [7, 11) is 2.65. The number of esters is 2. The molecule has 13 nitrogen and oxygen atoms in total. The van der Waals surface area contributed by atoms with Gasteiger partial charge < -0.3 is 49.6 Å². The fourth-order valence-corrected chi connectivity index (χ4v) is 4.02. The van der Waals surface area contributed by atoms with Gasteiger partial charge >= 0.3 is 17.9 Å². The maximum atomic E-state index is 12.6. The van der Waals surface area contributed by atoms with Gasteiger partial charge in [-0.3, -0.25) is 0 Å². The molecule has 13 heteroatoms. The van der Waals surface area contributed by atoms with E-state index in [4.69, 9.17) is 18.9 Å². The molecule has 1 aliphatic carbocycles. The second-order valence-electron chi connectivity index (χ2n) is 8.88. The van der Waals surface area contributed by atoms with E-state index in [0.29, 0.717) is 11.1 Å². The zero-order chi connectivity index (χ0) is 29.6. The van der Waals surface area contributed by atoms with Crippen LogP contribution in [0.3, 0.4) is 0 Å². The van der Waals surface area contributed by atoms with Crippen LogP contribution in [0.25, 0.3) is 12.2 Å². The molecule has 1 aliphatic rings. The van der Waals surface area contributed by atoms with E-state index in [0.717, 1.165) is 12.2 Å². The lowest BCUT2D eigenvalue weighted by Gasteiger charge is -2.40. The van der Waals surface area contributed by atoms with E-state index >= 15 is 0 Å². The number of carboxylic acids is 1. The summed E-state index contributed by atoms with van der Waals surface area (Å²) in [5.41, 5.74) is -1.77. The molecule has 2 aromatic carbocycles. The van der Waals surface area contributed by atoms with Crippen molar-refractivity contribution in [2.24, 2.45) is 0 Å². The largest absolute Gasteiger partial charge is 0.504 e. The molecule has 0 heterocycles. The molecule has 2 aromatic rings. The van der Waals surface area contributed by atoms with Crippen molar-refractivity contribution in [3.8, 4) is 28.7 Å². The van der Waals surface area contributed by atoms with Gasteiger partial charge in [-0.25, -0.2) is 14.4 Å². The molecule has 0 aromatic heterocycles. The minimum absolute atomic E-state index is 0.0746. The Kier molecular flexibility index (Phi) is 9.24. The van der Waals surface area contributed by atoms with Gasteiger partial charge in [0.25, 0.3) is 0 Å². The number of carbonyl (C=O) groups is 3. The highest BCUT2D eigenvalue weighted by Gasteiger charge is 2.52. The Bertz CT molecular complexity index is 1310. The lowest BCUT2D eigenvalue weighted by Crippen LogP contribution is -2.58. The lowest BCUT2D eigenvalue weighted by molar-refractivity contribution is -0.204. The summed E-state index contributed by atoms with van der Waals surface area (Å²) in [6.45, 7) is 0. The Morgan fingerprint density at radius 3 is 1.98 bits per heavy atom. The monoisotopic (exact) mass is 560 g/mol. The highest BCUT2D eigenvalue weighted by molar-refractivity contribution is 5.88. The number of carbonyl (C=O) groups excluding carboxylic acids is 2. The van der Waals surface area contributed by atoms with E-state index in [1.807, 2.05) is 0 Å². The van der Waals surface area contributed by atoms with Crippen molar-refractivity contribution >= 4 is 30.1 Å². The van der Waals surface area contributed by atoms with Crippen molar-refractivity contribution in [2.45, 2.75) is 36.8 Å². The molecular formula is C27H28O13. The SMILES string of the molecule is COc1cc(C=CC(=O)O[C@H]2[C@H](O)C[C@@](O)(C(=O)O)C[C@H]2OC(=O)C=Cc2ccc(O)c(O)c2)cc(OC)c1O. The van der Waals surface area contributed by atoms with Crippen molar-refractivity contribution in [2.75, 3.05) is 14.2 Å². The molecule has 6 N–H and O–H groups in total. The number of aliphatic carboxylic acids is 1. The van der Waals surface area contributed by atoms with Crippen LogP contribution in [0.4, 0.5) is 0 Å². The Morgan fingerprint density at radius 1 is 0.850 bits per heavy atom. The molecule has 0 amide bonds. The van der Waals surface area contributed by atoms with Crippen LogP contribution in [-0.4, -0.2) is 86.7 Å². The Hall–Kier alpha value is -4.75. The van der Waals surface area contributed by atoms with Gasteiger partial charge in [0.1, 0.15) is 6.10 Å². The summed E-state index contributed by atoms with van der Waals surface area (Å²) >= 11 is 0. The van der Waals surface area contributed by atoms with Crippen molar-refractivity contribution in [1.29, 1.82) is 0 Å². The minimum Gasteiger partial charge on any atom is -0.504 e. The lowest BCUT2D eigenvalue weighted by atomic mass is 9.79. The zero-order valence-electron chi connectivity index (χ0n) is 21.4. The third kappa shape index (κ3) is 7.01. The number of methoxy groups -OCH3 is 2. The summed E-state index contributed by atoms with van der Waals surface area (Å²) < 4.78 is 20.7. The van der Waals surface area contributed by atoms with Gasteiger partial charge in [-0.2, -0.15) is 0 Å². The first-order valence-corrected chi connectivity index (χ1v) is 11.7. The number of hydrogen-bond acceptors (Lipinski definition) is 12. The number of phenols is 3. The Labute approximate surface area is 227 Å². The van der Waals surface area contributed by atoms with Crippen LogP contribution >= 0.6 is 0 Å². The van der Waals surface area contributed by atoms with Crippen LogP contribution < -0.4 is 9.47 Å². The number of aliphatic hydroxyl groups is 2. The Morgan fingerprint density at radius 2 is 1.43 bits per heavy atom. The molecule has 40 heavy (non-hydrogen) atoms. The number of hydrogen-bond donors (Lipinski definition) is 6. The van der Waals surface area contributed by atoms with Crippen LogP contribution in [0.1, 0.15) is 24.0 Å². The summed E-state index contributed by atoms with van der Waals surface area (Å²) in [5, 5.41) is 59.5. The van der Waals surface area contributed by atoms with Crippen molar-refractivity contribution in [3.05, 3.63) is 53.6 Å². The minimum atomic E-state index is -2.46. The summed E-state index contributed by atoms with van der Waals surface area (Å²) in [6, 6.07) is 6.58. The van der Waals surface area contributed by atoms with E-state index in [1.165, 1.54) is 56.7 Å². The maximum absolute atomic E-state index is 12.6. The topological polar surface area (TPSA) is 210 Å². The van der Waals surface area contributed by atoms with Gasteiger partial charge in [-0.15, -0.1) is 0 Å². The highest BCUT2D eigenvalue weighted by atomic mass is 16.6. The smallest absolute Gasteiger partial charge is 0.335 e. The molecule has 0 bridgehead atoms. The van der Waals surface area contributed by atoms with Crippen LogP contribution in [-0.2, 0) is 23.9 Å². The molecule has 0 saturated heterocycles. The molecule has 3 rings (SSSR count). The average molecular weight is 561 g/mol. The van der Waals surface area contributed by atoms with Crippen LogP contribution in [0.2, 0.25) is 0 Å². The van der Waals surface area contributed by atoms with Gasteiger partial charge in [0.05, 0.1) is 20.3 Å². The maximum Gasteiger partial charge on any atom is 0.335 e. The molecule has 0 radical (unpaired) electrons. The number of ether oxygens (including phenoxy) is 4. The second kappa shape index (κ2) is 12.4. The van der Waals surface area contributed by atoms with Crippen LogP contribution in [0.15, 0.2) is 42.5 Å². The normalized spacial score (nSPS) is 22.6. The van der Waals surface area contributed by atoms with Gasteiger partial charge in [-0.05, 0) is 47.5 Å². The number of rotatable bonds is 9. The molecule has 0 spiro atoms. The summed E-state index contributed by atoms with van der Waals surface area (Å²) in [6.07, 6.45) is -1.75. The van der Waals surface area contributed by atoms with E-state index in [9.17, 15) is 45.0 Å². The first kappa shape index (κ1) is 29.8. The van der Waals surface area contributed by atoms with Crippen LogP contribution in [0.5, 0.6) is 28.7 Å². The Balaban J connectivity index is 1.78. The van der Waals surface area contributed by atoms with Gasteiger partial charge in [0.15, 0.2) is 34.7 Å². The highest BCUT2D eigenvalue weighted by Crippen LogP contribution is 2.37. The number of phenolic OH excluding ortho intramolecular Hbond substituents is 3. The standard InChI is InChI=1S/C27H28O13/c1-37-19-10-15(11-20(38-2)24(19)33)5-8-23(32)40-25-18(30)12-27(36,26(34)35)13-21(25)39-22(31)7-4-14-3-6-16(28)17(29)9-14/h3-11,18,21,25,28-30,33,36H,12-13H2,1-2H3,(H,34,35)/t18-,21-,25+,27+/m1/s1. The van der Waals surface area contributed by atoms with Gasteiger partial charge in [0, 0.05) is 25.0 Å². The molecule has 1 fully saturated rings. The van der Waals surface area contributed by atoms with E-state index in [1.54, 1.807) is 0 Å². The van der Waals surface area contributed by atoms with Gasteiger partial charge in [0.2, 0.25) is 5.75 Å². The fourth-order valence-electron chi connectivity index (χ4n) is 4.02. The molecule has 214 valence electrons. The molecule has 0 aliphatic heterocycles. The zero-order valence-corrected chi connectivity index (χ0v) is 21.4. The number of aliphatic hydroxyl groups excluding tert-OH is 1. The third-order valence-corrected chi connectivity index (χ3v) is 6.07. The number of aromatic hydroxyl groups is 3. The van der Waals surface area contributed by atoms with Crippen LogP contribution in [0, 0.1) is 0 Å². The van der Waals surface area contributed by atoms with Crippen molar-refractivity contribution in [3.63, 3.8) is 0 Å². The van der Waals surface area contributed by atoms with Gasteiger partial charge in [-0.1, -0.05) is 6.07 Å². The fraction of sp³-hybridized carbons (Fsp3) is 0.296. The second-order valence-corrected chi connectivity index (χ2v) is 8.88. The third-order valence-electron chi connectivity index (χ3n) is 6.07. The first-order valence-electron chi connectivity index (χ1n) is 11.7. The predicted octanol–water partition coefficient (Wildman–Crippen LogP) is 1.34. The van der Waals surface area contributed by atoms with E-state index in [-0.39, 0.29) is 23.0 Å². The predicted molar refractivity (Wildman–Crippen MR) is 137 cm³/mol. The van der Waals surface area contributed by atoms with E-state index < -0.39 is 60.4 Å². The molecule has 0 unspecified atom stereocenters. The molecule has 1 saturated carbocycles. The quantitative estimate of drug-likeness (QED) is 0.145.